The van der Waals surface area contributed by atoms with E-state index in [0.717, 1.165) is 6.42 Å². The van der Waals surface area contributed by atoms with Crippen molar-refractivity contribution in [2.45, 2.75) is 13.3 Å². The molecule has 0 aliphatic heterocycles. The van der Waals surface area contributed by atoms with Gasteiger partial charge in [-0.15, -0.1) is 0 Å². The van der Waals surface area contributed by atoms with Gasteiger partial charge in [0.2, 0.25) is 6.33 Å². The quantitative estimate of drug-likeness (QED) is 0.589. The summed E-state index contributed by atoms with van der Waals surface area (Å²) in [6.45, 7) is 2.77. The average molecular weight is 125 g/mol. The predicted octanol–water partition coefficient (Wildman–Crippen LogP) is 0.522. The van der Waals surface area contributed by atoms with Gasteiger partial charge in [-0.05, 0) is 6.42 Å². The Hall–Kier alpha value is -0.990. The lowest BCUT2D eigenvalue weighted by molar-refractivity contribution is 0.108. The van der Waals surface area contributed by atoms with E-state index in [9.17, 15) is 0 Å². The normalized spacial score (nSPS) is 9.44. The maximum atomic E-state index is 5.09. The molecule has 0 aliphatic carbocycles. The molecule has 1 radical (unpaired) electrons. The summed E-state index contributed by atoms with van der Waals surface area (Å²) in [7, 11) is 0. The Morgan fingerprint density at radius 3 is 3.22 bits per heavy atom. The molecular weight excluding hydrogens is 116 g/mol. The van der Waals surface area contributed by atoms with Gasteiger partial charge in [0, 0.05) is 6.20 Å². The maximum absolute atomic E-state index is 5.09. The van der Waals surface area contributed by atoms with Crippen molar-refractivity contribution >= 4 is 0 Å². The first kappa shape index (κ1) is 6.13. The van der Waals surface area contributed by atoms with Crippen LogP contribution < -0.4 is 4.84 Å². The Bertz CT molecular complexity index is 148. The van der Waals surface area contributed by atoms with Crippen LogP contribution in [0.1, 0.15) is 13.3 Å². The molecule has 3 heteroatoms. The zero-order valence-corrected chi connectivity index (χ0v) is 5.37. The van der Waals surface area contributed by atoms with Gasteiger partial charge in [-0.25, -0.2) is 4.98 Å². The molecule has 0 unspecified atom stereocenters. The van der Waals surface area contributed by atoms with Crippen LogP contribution in [0.2, 0.25) is 0 Å². The van der Waals surface area contributed by atoms with E-state index in [0.29, 0.717) is 6.61 Å². The van der Waals surface area contributed by atoms with Crippen molar-refractivity contribution in [2.24, 2.45) is 0 Å². The molecule has 1 aromatic rings. The monoisotopic (exact) mass is 125 g/mol. The molecule has 3 nitrogen and oxygen atoms in total. The molecule has 0 aliphatic rings. The largest absolute Gasteiger partial charge is 0.412 e. The van der Waals surface area contributed by atoms with Gasteiger partial charge in [0.1, 0.15) is 6.61 Å². The number of aromatic nitrogens is 2. The van der Waals surface area contributed by atoms with E-state index < -0.39 is 0 Å². The van der Waals surface area contributed by atoms with Gasteiger partial charge in [0.25, 0.3) is 0 Å². The van der Waals surface area contributed by atoms with Crippen molar-refractivity contribution in [1.29, 1.82) is 0 Å². The van der Waals surface area contributed by atoms with Crippen molar-refractivity contribution in [3.8, 4) is 0 Å². The molecule has 9 heavy (non-hydrogen) atoms. The molecule has 0 amide bonds. The van der Waals surface area contributed by atoms with Crippen molar-refractivity contribution in [2.75, 3.05) is 6.61 Å². The van der Waals surface area contributed by atoms with Gasteiger partial charge < -0.3 is 4.84 Å². The molecule has 1 aromatic heterocycles. The van der Waals surface area contributed by atoms with E-state index in [1.165, 1.54) is 4.73 Å². The smallest absolute Gasteiger partial charge is 0.214 e. The molecule has 0 saturated carbocycles. The summed E-state index contributed by atoms with van der Waals surface area (Å²) in [6, 6.07) is 0. The molecule has 0 spiro atoms. The minimum Gasteiger partial charge on any atom is -0.412 e. The molecule has 0 atom stereocenters. The van der Waals surface area contributed by atoms with Crippen LogP contribution in [0.25, 0.3) is 0 Å². The fourth-order valence-electron chi connectivity index (χ4n) is 0.479. The average Bonchev–Trinajstić information content (AvgIpc) is 2.34. The summed E-state index contributed by atoms with van der Waals surface area (Å²) in [5, 5.41) is 0. The Kier molecular flexibility index (Phi) is 2.13. The van der Waals surface area contributed by atoms with E-state index in [1.54, 1.807) is 12.4 Å². The van der Waals surface area contributed by atoms with Crippen LogP contribution in [0.15, 0.2) is 12.4 Å². The zero-order valence-electron chi connectivity index (χ0n) is 5.37. The van der Waals surface area contributed by atoms with Gasteiger partial charge in [0.05, 0.1) is 6.20 Å². The second-order valence-electron chi connectivity index (χ2n) is 1.69. The van der Waals surface area contributed by atoms with Crippen LogP contribution in [0.5, 0.6) is 0 Å². The summed E-state index contributed by atoms with van der Waals surface area (Å²) < 4.78 is 1.48. The second kappa shape index (κ2) is 3.12. The summed E-state index contributed by atoms with van der Waals surface area (Å²) in [5.74, 6) is 0. The molecule has 0 saturated heterocycles. The molecule has 1 rings (SSSR count). The first-order valence-electron chi connectivity index (χ1n) is 2.98. The van der Waals surface area contributed by atoms with Crippen molar-refractivity contribution < 1.29 is 4.84 Å². The van der Waals surface area contributed by atoms with Crippen LogP contribution in [0, 0.1) is 6.33 Å². The first-order chi connectivity index (χ1) is 4.43. The van der Waals surface area contributed by atoms with Crippen LogP contribution in [-0.2, 0) is 0 Å². The van der Waals surface area contributed by atoms with E-state index in [2.05, 4.69) is 18.2 Å². The Morgan fingerprint density at radius 1 is 1.78 bits per heavy atom. The van der Waals surface area contributed by atoms with E-state index in [1.807, 2.05) is 0 Å². The predicted molar refractivity (Wildman–Crippen MR) is 32.8 cm³/mol. The molecule has 0 N–H and O–H groups in total. The number of hydrogen-bond acceptors (Lipinski definition) is 2. The summed E-state index contributed by atoms with van der Waals surface area (Å²) in [4.78, 5) is 8.78. The van der Waals surface area contributed by atoms with Gasteiger partial charge in [-0.2, -0.15) is 4.73 Å². The molecular formula is C6H9N2O. The van der Waals surface area contributed by atoms with Crippen LogP contribution >= 0.6 is 0 Å². The third-order valence-electron chi connectivity index (χ3n) is 0.867. The zero-order chi connectivity index (χ0) is 6.53. The highest BCUT2D eigenvalue weighted by Crippen LogP contribution is 1.80. The fraction of sp³-hybridized carbons (Fsp3) is 0.500. The number of hydrogen-bond donors (Lipinski definition) is 0. The summed E-state index contributed by atoms with van der Waals surface area (Å²) in [5.41, 5.74) is 0. The number of imidazole rings is 1. The van der Waals surface area contributed by atoms with Crippen LogP contribution in [0.4, 0.5) is 0 Å². The lowest BCUT2D eigenvalue weighted by Gasteiger charge is -2.00. The van der Waals surface area contributed by atoms with Crippen LogP contribution in [-0.4, -0.2) is 16.3 Å². The Balaban J connectivity index is 2.30. The molecule has 0 fully saturated rings. The van der Waals surface area contributed by atoms with Crippen molar-refractivity contribution in [1.82, 2.24) is 9.71 Å². The SMILES string of the molecule is CCCOn1[c]ncc1. The van der Waals surface area contributed by atoms with Crippen LogP contribution in [0.3, 0.4) is 0 Å². The lowest BCUT2D eigenvalue weighted by atomic mass is 10.5. The minimum absolute atomic E-state index is 0.715. The third-order valence-corrected chi connectivity index (χ3v) is 0.867. The standard InChI is InChI=1S/C6H9N2O/c1-2-5-9-8-4-3-7-6-8/h3-4H,2,5H2,1H3. The van der Waals surface area contributed by atoms with Crippen molar-refractivity contribution in [3.05, 3.63) is 18.7 Å². The minimum atomic E-state index is 0.715. The Morgan fingerprint density at radius 2 is 2.67 bits per heavy atom. The number of nitrogens with zero attached hydrogens (tertiary/aromatic N) is 2. The van der Waals surface area contributed by atoms with Gasteiger partial charge >= 0.3 is 0 Å². The van der Waals surface area contributed by atoms with Crippen molar-refractivity contribution in [3.63, 3.8) is 0 Å². The molecule has 1 heterocycles. The maximum Gasteiger partial charge on any atom is 0.214 e. The number of rotatable bonds is 3. The van der Waals surface area contributed by atoms with E-state index >= 15 is 0 Å². The topological polar surface area (TPSA) is 27.1 Å². The Labute approximate surface area is 54.2 Å². The fourth-order valence-corrected chi connectivity index (χ4v) is 0.479. The van der Waals surface area contributed by atoms with Gasteiger partial charge in [-0.1, -0.05) is 6.92 Å². The summed E-state index contributed by atoms with van der Waals surface area (Å²) in [6.07, 6.45) is 6.97. The first-order valence-corrected chi connectivity index (χ1v) is 2.98. The molecule has 0 aromatic carbocycles. The third kappa shape index (κ3) is 1.76. The van der Waals surface area contributed by atoms with Gasteiger partial charge in [-0.3, -0.25) is 0 Å². The second-order valence-corrected chi connectivity index (χ2v) is 1.69. The van der Waals surface area contributed by atoms with E-state index in [4.69, 9.17) is 4.84 Å². The highest BCUT2D eigenvalue weighted by atomic mass is 16.7. The molecule has 49 valence electrons. The van der Waals surface area contributed by atoms with E-state index in [-0.39, 0.29) is 0 Å². The highest BCUT2D eigenvalue weighted by molar-refractivity contribution is 4.67. The summed E-state index contributed by atoms with van der Waals surface area (Å²) >= 11 is 0. The highest BCUT2D eigenvalue weighted by Gasteiger charge is 1.85. The molecule has 0 bridgehead atoms. The lowest BCUT2D eigenvalue weighted by Crippen LogP contribution is -2.09. The van der Waals surface area contributed by atoms with Gasteiger partial charge in [0.15, 0.2) is 0 Å².